The molecular formula is C14H17BrN4O3S. The Kier molecular flexibility index (Phi) is 5.10. The van der Waals surface area contributed by atoms with Crippen LogP contribution in [0.2, 0.25) is 0 Å². The summed E-state index contributed by atoms with van der Waals surface area (Å²) < 4.78 is 32.2. The summed E-state index contributed by atoms with van der Waals surface area (Å²) in [5.74, 6) is 0.653. The number of nitrogens with one attached hydrogen (secondary N) is 1. The highest BCUT2D eigenvalue weighted by molar-refractivity contribution is 9.10. The number of benzene rings is 1. The predicted octanol–water partition coefficient (Wildman–Crippen LogP) is 1.47. The molecule has 0 unspecified atom stereocenters. The second-order valence-electron chi connectivity index (χ2n) is 5.14. The minimum atomic E-state index is -3.28. The van der Waals surface area contributed by atoms with E-state index < -0.39 is 10.0 Å². The van der Waals surface area contributed by atoms with Crippen molar-refractivity contribution < 1.29 is 13.2 Å². The number of fused-ring (bicyclic) bond motifs is 1. The first-order valence-corrected chi connectivity index (χ1v) is 9.66. The minimum Gasteiger partial charge on any atom is -0.379 e. The van der Waals surface area contributed by atoms with Crippen LogP contribution in [0, 0.1) is 0 Å². The van der Waals surface area contributed by atoms with Gasteiger partial charge in [-0.05, 0) is 18.2 Å². The molecule has 1 aliphatic heterocycles. The van der Waals surface area contributed by atoms with Gasteiger partial charge in [-0.15, -0.1) is 0 Å². The molecule has 9 heteroatoms. The fourth-order valence-electron chi connectivity index (χ4n) is 2.42. The van der Waals surface area contributed by atoms with E-state index >= 15 is 0 Å². The van der Waals surface area contributed by atoms with Gasteiger partial charge in [0.1, 0.15) is 12.1 Å². The van der Waals surface area contributed by atoms with Crippen LogP contribution in [0.3, 0.4) is 0 Å². The molecule has 1 aromatic heterocycles. The summed E-state index contributed by atoms with van der Waals surface area (Å²) in [5, 5.41) is 3.95. The maximum Gasteiger partial charge on any atom is 0.215 e. The van der Waals surface area contributed by atoms with Crippen LogP contribution in [0.15, 0.2) is 29.0 Å². The van der Waals surface area contributed by atoms with Crippen molar-refractivity contribution in [2.45, 2.75) is 0 Å². The van der Waals surface area contributed by atoms with Gasteiger partial charge in [0.05, 0.1) is 24.5 Å². The van der Waals surface area contributed by atoms with Crippen molar-refractivity contribution in [2.75, 3.05) is 43.9 Å². The highest BCUT2D eigenvalue weighted by Crippen LogP contribution is 2.23. The molecule has 1 fully saturated rings. The Hall–Kier alpha value is -1.29. The molecular weight excluding hydrogens is 384 g/mol. The van der Waals surface area contributed by atoms with E-state index in [1.54, 1.807) is 0 Å². The number of sulfonamides is 1. The Morgan fingerprint density at radius 3 is 2.83 bits per heavy atom. The number of hydrogen-bond donors (Lipinski definition) is 1. The Labute approximate surface area is 143 Å². The molecule has 2 heterocycles. The molecule has 0 atom stereocenters. The molecule has 0 amide bonds. The van der Waals surface area contributed by atoms with Gasteiger partial charge < -0.3 is 10.1 Å². The van der Waals surface area contributed by atoms with Gasteiger partial charge >= 0.3 is 0 Å². The quantitative estimate of drug-likeness (QED) is 0.817. The van der Waals surface area contributed by atoms with Gasteiger partial charge in [0.25, 0.3) is 0 Å². The van der Waals surface area contributed by atoms with Crippen molar-refractivity contribution in [3.63, 3.8) is 0 Å². The Balaban J connectivity index is 1.68. The molecule has 1 aliphatic rings. The summed E-state index contributed by atoms with van der Waals surface area (Å²) >= 11 is 3.42. The van der Waals surface area contributed by atoms with Crippen molar-refractivity contribution in [3.8, 4) is 0 Å². The molecule has 2 aromatic rings. The lowest BCUT2D eigenvalue weighted by Gasteiger charge is -2.26. The van der Waals surface area contributed by atoms with Crippen molar-refractivity contribution >= 4 is 42.7 Å². The summed E-state index contributed by atoms with van der Waals surface area (Å²) in [5.41, 5.74) is 0.807. The summed E-state index contributed by atoms with van der Waals surface area (Å²) in [6.45, 7) is 2.05. The molecule has 0 bridgehead atoms. The second kappa shape index (κ2) is 7.08. The van der Waals surface area contributed by atoms with Crippen LogP contribution >= 0.6 is 15.9 Å². The smallest absolute Gasteiger partial charge is 0.215 e. The zero-order valence-corrected chi connectivity index (χ0v) is 14.8. The predicted molar refractivity (Wildman–Crippen MR) is 91.9 cm³/mol. The van der Waals surface area contributed by atoms with Crippen molar-refractivity contribution in [1.82, 2.24) is 14.3 Å². The number of halogens is 1. The lowest BCUT2D eigenvalue weighted by atomic mass is 10.2. The van der Waals surface area contributed by atoms with E-state index in [1.165, 1.54) is 10.6 Å². The van der Waals surface area contributed by atoms with Gasteiger partial charge in [-0.3, -0.25) is 0 Å². The zero-order valence-electron chi connectivity index (χ0n) is 12.4. The lowest BCUT2D eigenvalue weighted by Crippen LogP contribution is -2.42. The van der Waals surface area contributed by atoms with E-state index in [4.69, 9.17) is 4.74 Å². The molecule has 1 saturated heterocycles. The fourth-order valence-corrected chi connectivity index (χ4v) is 4.11. The number of rotatable bonds is 5. The minimum absolute atomic E-state index is 0.0203. The van der Waals surface area contributed by atoms with E-state index in [0.717, 1.165) is 15.4 Å². The third-order valence-corrected chi connectivity index (χ3v) is 5.98. The summed E-state index contributed by atoms with van der Waals surface area (Å²) in [6.07, 6.45) is 1.47. The molecule has 0 spiro atoms. The number of nitrogens with zero attached hydrogens (tertiary/aromatic N) is 3. The van der Waals surface area contributed by atoms with Crippen LogP contribution < -0.4 is 5.32 Å². The first-order chi connectivity index (χ1) is 11.1. The zero-order chi connectivity index (χ0) is 16.3. The fraction of sp³-hybridized carbons (Fsp3) is 0.429. The third kappa shape index (κ3) is 3.97. The van der Waals surface area contributed by atoms with Crippen molar-refractivity contribution in [3.05, 3.63) is 29.0 Å². The topological polar surface area (TPSA) is 84.4 Å². The van der Waals surface area contributed by atoms with E-state index in [0.29, 0.717) is 32.1 Å². The summed E-state index contributed by atoms with van der Waals surface area (Å²) in [4.78, 5) is 8.41. The number of hydrogen-bond acceptors (Lipinski definition) is 6. The van der Waals surface area contributed by atoms with Gasteiger partial charge in [0, 0.05) is 29.5 Å². The van der Waals surface area contributed by atoms with Gasteiger partial charge in [-0.2, -0.15) is 4.31 Å². The van der Waals surface area contributed by atoms with Crippen LogP contribution in [-0.2, 0) is 14.8 Å². The largest absolute Gasteiger partial charge is 0.379 e. The Morgan fingerprint density at radius 2 is 2.04 bits per heavy atom. The van der Waals surface area contributed by atoms with E-state index in [1.807, 2.05) is 18.2 Å². The number of ether oxygens (including phenoxy) is 1. The normalized spacial score (nSPS) is 16.6. The van der Waals surface area contributed by atoms with Gasteiger partial charge in [-0.25, -0.2) is 18.4 Å². The van der Waals surface area contributed by atoms with Crippen LogP contribution in [0.25, 0.3) is 10.9 Å². The third-order valence-electron chi connectivity index (χ3n) is 3.61. The van der Waals surface area contributed by atoms with Gasteiger partial charge in [-0.1, -0.05) is 15.9 Å². The average Bonchev–Trinajstić information content (AvgIpc) is 2.56. The van der Waals surface area contributed by atoms with Crippen LogP contribution in [0.5, 0.6) is 0 Å². The molecule has 0 radical (unpaired) electrons. The second-order valence-corrected chi connectivity index (χ2v) is 8.14. The maximum absolute atomic E-state index is 12.3. The Morgan fingerprint density at radius 1 is 1.26 bits per heavy atom. The van der Waals surface area contributed by atoms with Gasteiger partial charge in [0.15, 0.2) is 0 Å². The molecule has 1 N–H and O–H groups in total. The monoisotopic (exact) mass is 400 g/mol. The number of anilines is 1. The lowest BCUT2D eigenvalue weighted by molar-refractivity contribution is 0.0731. The summed E-state index contributed by atoms with van der Waals surface area (Å²) in [7, 11) is -3.28. The number of morpholine rings is 1. The molecule has 7 nitrogen and oxygen atoms in total. The standard InChI is InChI=1S/C14H17BrN4O3S/c15-11-1-2-13-12(9-11)14(18-10-17-13)16-3-8-23(20,21)19-4-6-22-7-5-19/h1-2,9-10H,3-8H2,(H,16,17,18). The van der Waals surface area contributed by atoms with Crippen molar-refractivity contribution in [1.29, 1.82) is 0 Å². The highest BCUT2D eigenvalue weighted by atomic mass is 79.9. The van der Waals surface area contributed by atoms with Crippen LogP contribution in [-0.4, -0.2) is 61.3 Å². The first kappa shape index (κ1) is 16.6. The molecule has 3 rings (SSSR count). The molecule has 0 saturated carbocycles. The Bertz CT molecular complexity index is 794. The SMILES string of the molecule is O=S(=O)(CCNc1ncnc2ccc(Br)cc12)N1CCOCC1. The first-order valence-electron chi connectivity index (χ1n) is 7.26. The number of aromatic nitrogens is 2. The molecule has 1 aromatic carbocycles. The van der Waals surface area contributed by atoms with E-state index in [9.17, 15) is 8.42 Å². The van der Waals surface area contributed by atoms with Crippen LogP contribution in [0.4, 0.5) is 5.82 Å². The molecule has 124 valence electrons. The summed E-state index contributed by atoms with van der Waals surface area (Å²) in [6, 6.07) is 5.70. The van der Waals surface area contributed by atoms with E-state index in [-0.39, 0.29) is 12.3 Å². The average molecular weight is 401 g/mol. The molecule has 0 aliphatic carbocycles. The maximum atomic E-state index is 12.3. The van der Waals surface area contributed by atoms with E-state index in [2.05, 4.69) is 31.2 Å². The molecule has 23 heavy (non-hydrogen) atoms. The van der Waals surface area contributed by atoms with Crippen LogP contribution in [0.1, 0.15) is 0 Å². The highest BCUT2D eigenvalue weighted by Gasteiger charge is 2.23. The van der Waals surface area contributed by atoms with Crippen molar-refractivity contribution in [2.24, 2.45) is 0 Å². The van der Waals surface area contributed by atoms with Gasteiger partial charge in [0.2, 0.25) is 10.0 Å².